The summed E-state index contributed by atoms with van der Waals surface area (Å²) in [4.78, 5) is 18.0. The minimum atomic E-state index is -0.127. The Morgan fingerprint density at radius 2 is 2.04 bits per heavy atom. The second-order valence-corrected chi connectivity index (χ2v) is 6.66. The average Bonchev–Trinajstić information content (AvgIpc) is 2.62. The number of ether oxygens (including phenoxy) is 1. The lowest BCUT2D eigenvalue weighted by atomic mass is 10.1. The number of para-hydroxylation sites is 1. The third-order valence-corrected chi connectivity index (χ3v) is 4.58. The van der Waals surface area contributed by atoms with Crippen LogP contribution in [0.25, 0.3) is 16.6 Å². The monoisotopic (exact) mass is 371 g/mol. The molecule has 2 aromatic carbocycles. The Hall–Kier alpha value is -2.21. The van der Waals surface area contributed by atoms with Crippen molar-refractivity contribution in [1.82, 2.24) is 14.9 Å². The van der Waals surface area contributed by atoms with Crippen molar-refractivity contribution in [3.8, 4) is 5.69 Å². The Balaban J connectivity index is 2.22. The summed E-state index contributed by atoms with van der Waals surface area (Å²) in [6.45, 7) is 5.19. The molecular weight excluding hydrogens is 350 g/mol. The highest BCUT2D eigenvalue weighted by atomic mass is 35.5. The van der Waals surface area contributed by atoms with Gasteiger partial charge in [-0.2, -0.15) is 0 Å². The second kappa shape index (κ2) is 7.99. The first kappa shape index (κ1) is 18.6. The molecule has 1 heterocycles. The molecule has 1 N–H and O–H groups in total. The quantitative estimate of drug-likeness (QED) is 0.672. The number of aryl methyl sites for hydroxylation is 1. The van der Waals surface area contributed by atoms with Crippen molar-refractivity contribution in [2.75, 3.05) is 20.3 Å². The summed E-state index contributed by atoms with van der Waals surface area (Å²) in [7, 11) is 1.66. The van der Waals surface area contributed by atoms with Gasteiger partial charge in [0.2, 0.25) is 0 Å². The predicted octanol–water partition coefficient (Wildman–Crippen LogP) is 3.64. The van der Waals surface area contributed by atoms with Crippen LogP contribution in [0, 0.1) is 6.92 Å². The first-order chi connectivity index (χ1) is 12.5. The van der Waals surface area contributed by atoms with Crippen molar-refractivity contribution in [3.05, 3.63) is 69.2 Å². The molecular formula is C20H22ClN3O2. The van der Waals surface area contributed by atoms with Gasteiger partial charge in [-0.25, -0.2) is 4.98 Å². The molecule has 1 aromatic heterocycles. The summed E-state index contributed by atoms with van der Waals surface area (Å²) in [5.41, 5.74) is 2.31. The number of hydrogen-bond acceptors (Lipinski definition) is 4. The molecule has 1 atom stereocenters. The molecule has 6 heteroatoms. The van der Waals surface area contributed by atoms with Crippen LogP contribution >= 0.6 is 11.6 Å². The van der Waals surface area contributed by atoms with Crippen LogP contribution < -0.4 is 10.9 Å². The van der Waals surface area contributed by atoms with Gasteiger partial charge in [0.1, 0.15) is 5.82 Å². The smallest absolute Gasteiger partial charge is 0.266 e. The van der Waals surface area contributed by atoms with E-state index in [0.717, 1.165) is 11.3 Å². The Morgan fingerprint density at radius 1 is 1.27 bits per heavy atom. The van der Waals surface area contributed by atoms with Crippen LogP contribution in [0.1, 0.15) is 24.4 Å². The molecule has 0 saturated carbocycles. The molecule has 0 radical (unpaired) electrons. The number of hydrogen-bond donors (Lipinski definition) is 1. The Labute approximate surface area is 157 Å². The van der Waals surface area contributed by atoms with E-state index in [0.29, 0.717) is 34.9 Å². The average molecular weight is 372 g/mol. The number of fused-ring (bicyclic) bond motifs is 1. The van der Waals surface area contributed by atoms with Crippen molar-refractivity contribution in [1.29, 1.82) is 0 Å². The van der Waals surface area contributed by atoms with Gasteiger partial charge in [0, 0.05) is 18.7 Å². The minimum absolute atomic E-state index is 0.0867. The zero-order chi connectivity index (χ0) is 18.7. The SMILES string of the molecule is COCCN[C@@H](C)c1nc2ccccc2c(=O)n1-c1ccc(Cl)cc1C. The van der Waals surface area contributed by atoms with Gasteiger partial charge in [-0.15, -0.1) is 0 Å². The lowest BCUT2D eigenvalue weighted by Gasteiger charge is -2.20. The lowest BCUT2D eigenvalue weighted by Crippen LogP contribution is -2.31. The molecule has 5 nitrogen and oxygen atoms in total. The second-order valence-electron chi connectivity index (χ2n) is 6.23. The normalized spacial score (nSPS) is 12.5. The maximum absolute atomic E-state index is 13.3. The van der Waals surface area contributed by atoms with Crippen LogP contribution in [0.4, 0.5) is 0 Å². The molecule has 0 aliphatic rings. The van der Waals surface area contributed by atoms with Gasteiger partial charge in [0.25, 0.3) is 5.56 Å². The summed E-state index contributed by atoms with van der Waals surface area (Å²) in [5, 5.41) is 4.59. The standard InChI is InChI=1S/C20H22ClN3O2/c1-13-12-15(21)8-9-18(13)24-19(14(2)22-10-11-26-3)23-17-7-5-4-6-16(17)20(24)25/h4-9,12,14,22H,10-11H2,1-3H3/t14-/m0/s1. The summed E-state index contributed by atoms with van der Waals surface area (Å²) in [6, 6.07) is 12.8. The molecule has 3 rings (SSSR count). The Bertz CT molecular complexity index is 984. The molecule has 0 spiro atoms. The molecule has 0 bridgehead atoms. The van der Waals surface area contributed by atoms with E-state index in [9.17, 15) is 4.79 Å². The zero-order valence-electron chi connectivity index (χ0n) is 15.1. The molecule has 0 saturated heterocycles. The van der Waals surface area contributed by atoms with Crippen LogP contribution in [0.5, 0.6) is 0 Å². The summed E-state index contributed by atoms with van der Waals surface area (Å²) < 4.78 is 6.78. The number of benzene rings is 2. The molecule has 3 aromatic rings. The van der Waals surface area contributed by atoms with E-state index in [4.69, 9.17) is 21.3 Å². The molecule has 136 valence electrons. The number of halogens is 1. The summed E-state index contributed by atoms with van der Waals surface area (Å²) in [6.07, 6.45) is 0. The van der Waals surface area contributed by atoms with Gasteiger partial charge in [-0.1, -0.05) is 23.7 Å². The van der Waals surface area contributed by atoms with Crippen molar-refractivity contribution in [3.63, 3.8) is 0 Å². The van der Waals surface area contributed by atoms with Crippen molar-refractivity contribution in [2.24, 2.45) is 0 Å². The van der Waals surface area contributed by atoms with Gasteiger partial charge in [-0.3, -0.25) is 9.36 Å². The highest BCUT2D eigenvalue weighted by Gasteiger charge is 2.18. The predicted molar refractivity (Wildman–Crippen MR) is 105 cm³/mol. The maximum Gasteiger partial charge on any atom is 0.266 e. The van der Waals surface area contributed by atoms with Crippen LogP contribution in [0.3, 0.4) is 0 Å². The molecule has 26 heavy (non-hydrogen) atoms. The van der Waals surface area contributed by atoms with Gasteiger partial charge < -0.3 is 10.1 Å². The largest absolute Gasteiger partial charge is 0.383 e. The fourth-order valence-corrected chi connectivity index (χ4v) is 3.24. The highest BCUT2D eigenvalue weighted by molar-refractivity contribution is 6.30. The third-order valence-electron chi connectivity index (χ3n) is 4.35. The Kier molecular flexibility index (Phi) is 5.71. The van der Waals surface area contributed by atoms with E-state index in [2.05, 4.69) is 5.32 Å². The first-order valence-corrected chi connectivity index (χ1v) is 8.91. The highest BCUT2D eigenvalue weighted by Crippen LogP contribution is 2.22. The van der Waals surface area contributed by atoms with Crippen LogP contribution in [0.2, 0.25) is 5.02 Å². The van der Waals surface area contributed by atoms with E-state index < -0.39 is 0 Å². The number of rotatable bonds is 6. The molecule has 0 unspecified atom stereocenters. The van der Waals surface area contributed by atoms with Gasteiger partial charge in [0.15, 0.2) is 0 Å². The fraction of sp³-hybridized carbons (Fsp3) is 0.300. The summed E-state index contributed by atoms with van der Waals surface area (Å²) >= 11 is 6.10. The zero-order valence-corrected chi connectivity index (χ0v) is 15.9. The number of methoxy groups -OCH3 is 1. The lowest BCUT2D eigenvalue weighted by molar-refractivity contribution is 0.196. The number of aromatic nitrogens is 2. The van der Waals surface area contributed by atoms with E-state index in [1.807, 2.05) is 44.2 Å². The van der Waals surface area contributed by atoms with Crippen molar-refractivity contribution in [2.45, 2.75) is 19.9 Å². The number of nitrogens with one attached hydrogen (secondary N) is 1. The van der Waals surface area contributed by atoms with Crippen LogP contribution in [0.15, 0.2) is 47.3 Å². The number of nitrogens with zero attached hydrogens (tertiary/aromatic N) is 2. The fourth-order valence-electron chi connectivity index (χ4n) is 3.01. The van der Waals surface area contributed by atoms with Crippen molar-refractivity contribution >= 4 is 22.5 Å². The topological polar surface area (TPSA) is 56.1 Å². The van der Waals surface area contributed by atoms with Crippen LogP contribution in [-0.2, 0) is 4.74 Å². The van der Waals surface area contributed by atoms with Gasteiger partial charge in [0.05, 0.1) is 29.2 Å². The van der Waals surface area contributed by atoms with E-state index in [1.54, 1.807) is 23.8 Å². The molecule has 0 aliphatic carbocycles. The first-order valence-electron chi connectivity index (χ1n) is 8.53. The molecule has 0 amide bonds. The Morgan fingerprint density at radius 3 is 2.77 bits per heavy atom. The molecule has 0 aliphatic heterocycles. The van der Waals surface area contributed by atoms with Gasteiger partial charge >= 0.3 is 0 Å². The van der Waals surface area contributed by atoms with Crippen molar-refractivity contribution < 1.29 is 4.74 Å². The summed E-state index contributed by atoms with van der Waals surface area (Å²) in [5.74, 6) is 0.662. The van der Waals surface area contributed by atoms with Crippen LogP contribution in [-0.4, -0.2) is 29.8 Å². The maximum atomic E-state index is 13.3. The van der Waals surface area contributed by atoms with E-state index >= 15 is 0 Å². The van der Waals surface area contributed by atoms with E-state index in [1.165, 1.54) is 0 Å². The minimum Gasteiger partial charge on any atom is -0.383 e. The molecule has 0 fully saturated rings. The third kappa shape index (κ3) is 3.65. The van der Waals surface area contributed by atoms with E-state index in [-0.39, 0.29) is 11.6 Å². The van der Waals surface area contributed by atoms with Gasteiger partial charge in [-0.05, 0) is 49.7 Å².